The smallest absolute Gasteiger partial charge is 0.233 e. The fraction of sp³-hybridized carbons (Fsp3) is 0.923. The number of nitrogens with one attached hydrogen (secondary N) is 2. The first-order chi connectivity index (χ1) is 7.75. The molecule has 0 bridgehead atoms. The highest BCUT2D eigenvalue weighted by Crippen LogP contribution is 2.28. The average Bonchev–Trinajstić information content (AvgIpc) is 2.95. The van der Waals surface area contributed by atoms with Gasteiger partial charge in [0, 0.05) is 12.6 Å². The minimum Gasteiger partial charge on any atom is -0.355 e. The lowest BCUT2D eigenvalue weighted by atomic mass is 10.00. The number of carbonyl (C=O) groups excluding carboxylic acids is 1. The molecule has 2 fully saturated rings. The molecule has 3 nitrogen and oxygen atoms in total. The summed E-state index contributed by atoms with van der Waals surface area (Å²) in [6.45, 7) is 3.59. The number of hydrogen-bond acceptors (Lipinski definition) is 2. The summed E-state index contributed by atoms with van der Waals surface area (Å²) >= 11 is 0. The minimum absolute atomic E-state index is 0.164. The van der Waals surface area contributed by atoms with Crippen LogP contribution in [0.25, 0.3) is 0 Å². The summed E-state index contributed by atoms with van der Waals surface area (Å²) in [7, 11) is 0. The molecule has 0 aromatic heterocycles. The van der Waals surface area contributed by atoms with Gasteiger partial charge in [-0.2, -0.15) is 0 Å². The van der Waals surface area contributed by atoms with Crippen molar-refractivity contribution in [2.24, 2.45) is 11.8 Å². The van der Waals surface area contributed by atoms with Crippen molar-refractivity contribution in [3.05, 3.63) is 0 Å². The minimum atomic E-state index is 0.164. The van der Waals surface area contributed by atoms with Gasteiger partial charge >= 0.3 is 0 Å². The highest BCUT2D eigenvalue weighted by molar-refractivity contribution is 5.78. The zero-order chi connectivity index (χ0) is 11.4. The van der Waals surface area contributed by atoms with Crippen LogP contribution in [-0.2, 0) is 4.79 Å². The molecule has 0 aliphatic heterocycles. The van der Waals surface area contributed by atoms with E-state index in [2.05, 4.69) is 17.6 Å². The van der Waals surface area contributed by atoms with Crippen LogP contribution in [-0.4, -0.2) is 25.0 Å². The zero-order valence-electron chi connectivity index (χ0n) is 10.3. The van der Waals surface area contributed by atoms with E-state index in [-0.39, 0.29) is 5.91 Å². The largest absolute Gasteiger partial charge is 0.355 e. The first-order valence-electron chi connectivity index (χ1n) is 6.76. The third-order valence-electron chi connectivity index (χ3n) is 3.98. The van der Waals surface area contributed by atoms with Crippen LogP contribution in [0.3, 0.4) is 0 Å². The van der Waals surface area contributed by atoms with Gasteiger partial charge in [-0.25, -0.2) is 0 Å². The van der Waals surface area contributed by atoms with Crippen LogP contribution in [0.15, 0.2) is 0 Å². The van der Waals surface area contributed by atoms with E-state index in [1.54, 1.807) is 0 Å². The van der Waals surface area contributed by atoms with Crippen LogP contribution in [0.5, 0.6) is 0 Å². The first kappa shape index (κ1) is 11.9. The van der Waals surface area contributed by atoms with Crippen LogP contribution in [0.2, 0.25) is 0 Å². The van der Waals surface area contributed by atoms with Crippen molar-refractivity contribution in [1.82, 2.24) is 10.6 Å². The molecule has 2 aliphatic rings. The lowest BCUT2D eigenvalue weighted by Gasteiger charge is -2.20. The molecule has 0 spiro atoms. The normalized spacial score (nSPS) is 23.3. The predicted molar refractivity (Wildman–Crippen MR) is 65.2 cm³/mol. The summed E-state index contributed by atoms with van der Waals surface area (Å²) < 4.78 is 0. The molecule has 0 saturated heterocycles. The molecule has 92 valence electrons. The highest BCUT2D eigenvalue weighted by Gasteiger charge is 2.23. The van der Waals surface area contributed by atoms with Gasteiger partial charge in [0.15, 0.2) is 0 Å². The number of hydrogen-bond donors (Lipinski definition) is 2. The van der Waals surface area contributed by atoms with Gasteiger partial charge in [-0.3, -0.25) is 4.79 Å². The summed E-state index contributed by atoms with van der Waals surface area (Å²) in [4.78, 5) is 11.5. The van der Waals surface area contributed by atoms with Crippen molar-refractivity contribution in [3.8, 4) is 0 Å². The molecule has 2 rings (SSSR count). The molecular formula is C13H24N2O. The van der Waals surface area contributed by atoms with Crippen molar-refractivity contribution < 1.29 is 4.79 Å². The van der Waals surface area contributed by atoms with Gasteiger partial charge in [0.2, 0.25) is 5.91 Å². The second kappa shape index (κ2) is 5.67. The van der Waals surface area contributed by atoms with Crippen LogP contribution >= 0.6 is 0 Å². The van der Waals surface area contributed by atoms with Gasteiger partial charge in [0.25, 0.3) is 0 Å². The lowest BCUT2D eigenvalue weighted by Crippen LogP contribution is -2.41. The quantitative estimate of drug-likeness (QED) is 0.721. The van der Waals surface area contributed by atoms with Gasteiger partial charge < -0.3 is 10.6 Å². The van der Waals surface area contributed by atoms with E-state index in [0.29, 0.717) is 12.6 Å². The van der Waals surface area contributed by atoms with Gasteiger partial charge in [0.05, 0.1) is 6.54 Å². The molecule has 16 heavy (non-hydrogen) atoms. The zero-order valence-corrected chi connectivity index (χ0v) is 10.3. The third kappa shape index (κ3) is 3.78. The van der Waals surface area contributed by atoms with E-state index in [9.17, 15) is 4.79 Å². The third-order valence-corrected chi connectivity index (χ3v) is 3.98. The van der Waals surface area contributed by atoms with Gasteiger partial charge in [-0.15, -0.1) is 0 Å². The Hall–Kier alpha value is -0.570. The second-order valence-corrected chi connectivity index (χ2v) is 5.46. The van der Waals surface area contributed by atoms with Crippen LogP contribution in [0.4, 0.5) is 0 Å². The summed E-state index contributed by atoms with van der Waals surface area (Å²) in [5, 5.41) is 6.35. The SMILES string of the molecule is C[C@H](NCC(=O)NCC1CC1)C1CCCC1. The Morgan fingerprint density at radius 2 is 1.94 bits per heavy atom. The summed E-state index contributed by atoms with van der Waals surface area (Å²) in [6.07, 6.45) is 7.99. The molecule has 2 aliphatic carbocycles. The standard InChI is InChI=1S/C13H24N2O/c1-10(12-4-2-3-5-12)14-9-13(16)15-8-11-6-7-11/h10-12,14H,2-9H2,1H3,(H,15,16)/t10-/m0/s1. The van der Waals surface area contributed by atoms with E-state index < -0.39 is 0 Å². The molecule has 0 unspecified atom stereocenters. The fourth-order valence-corrected chi connectivity index (χ4v) is 2.52. The van der Waals surface area contributed by atoms with Crippen molar-refractivity contribution in [3.63, 3.8) is 0 Å². The van der Waals surface area contributed by atoms with Crippen molar-refractivity contribution in [1.29, 1.82) is 0 Å². The van der Waals surface area contributed by atoms with E-state index in [4.69, 9.17) is 0 Å². The maximum absolute atomic E-state index is 11.5. The number of carbonyl (C=O) groups is 1. The van der Waals surface area contributed by atoms with Gasteiger partial charge in [-0.1, -0.05) is 12.8 Å². The molecular weight excluding hydrogens is 200 g/mol. The van der Waals surface area contributed by atoms with E-state index in [0.717, 1.165) is 18.4 Å². The Bertz CT molecular complexity index is 232. The number of rotatable bonds is 6. The molecule has 0 radical (unpaired) electrons. The lowest BCUT2D eigenvalue weighted by molar-refractivity contribution is -0.120. The first-order valence-corrected chi connectivity index (χ1v) is 6.76. The molecule has 0 aromatic rings. The van der Waals surface area contributed by atoms with Crippen molar-refractivity contribution >= 4 is 5.91 Å². The summed E-state index contributed by atoms with van der Waals surface area (Å²) in [5.74, 6) is 1.73. The Morgan fingerprint density at radius 1 is 1.25 bits per heavy atom. The topological polar surface area (TPSA) is 41.1 Å². The Kier molecular flexibility index (Phi) is 4.22. The van der Waals surface area contributed by atoms with Crippen molar-refractivity contribution in [2.75, 3.05) is 13.1 Å². The Balaban J connectivity index is 1.55. The number of amides is 1. The van der Waals surface area contributed by atoms with Crippen LogP contribution in [0.1, 0.15) is 45.4 Å². The predicted octanol–water partition coefficient (Wildman–Crippen LogP) is 1.68. The Morgan fingerprint density at radius 3 is 2.56 bits per heavy atom. The van der Waals surface area contributed by atoms with Crippen LogP contribution in [0, 0.1) is 11.8 Å². The highest BCUT2D eigenvalue weighted by atomic mass is 16.1. The van der Waals surface area contributed by atoms with Gasteiger partial charge in [0.1, 0.15) is 0 Å². The maximum atomic E-state index is 11.5. The van der Waals surface area contributed by atoms with E-state index in [1.807, 2.05) is 0 Å². The Labute approximate surface area is 98.4 Å². The van der Waals surface area contributed by atoms with Crippen molar-refractivity contribution in [2.45, 2.75) is 51.5 Å². The molecule has 3 heteroatoms. The average molecular weight is 224 g/mol. The van der Waals surface area contributed by atoms with E-state index >= 15 is 0 Å². The van der Waals surface area contributed by atoms with E-state index in [1.165, 1.54) is 38.5 Å². The fourth-order valence-electron chi connectivity index (χ4n) is 2.52. The maximum Gasteiger partial charge on any atom is 0.233 e. The summed E-state index contributed by atoms with van der Waals surface area (Å²) in [5.41, 5.74) is 0. The summed E-state index contributed by atoms with van der Waals surface area (Å²) in [6, 6.07) is 0.495. The molecule has 2 N–H and O–H groups in total. The molecule has 0 aromatic carbocycles. The molecule has 2 saturated carbocycles. The molecule has 0 heterocycles. The molecule has 1 atom stereocenters. The molecule has 1 amide bonds. The second-order valence-electron chi connectivity index (χ2n) is 5.46. The monoisotopic (exact) mass is 224 g/mol. The van der Waals surface area contributed by atoms with Gasteiger partial charge in [-0.05, 0) is 44.4 Å². The van der Waals surface area contributed by atoms with Crippen LogP contribution < -0.4 is 10.6 Å².